The van der Waals surface area contributed by atoms with Gasteiger partial charge in [0.05, 0.1) is 16.7 Å². The maximum atomic E-state index is 7.49. The lowest BCUT2D eigenvalue weighted by molar-refractivity contribution is 0.487. The molecule has 3 aromatic heterocycles. The Labute approximate surface area is 493 Å². The average molecular weight is 1100 g/mol. The topological polar surface area (TPSA) is 17.4 Å². The predicted molar refractivity (Wildman–Crippen MR) is 360 cm³/mol. The van der Waals surface area contributed by atoms with E-state index in [9.17, 15) is 0 Å². The van der Waals surface area contributed by atoms with Gasteiger partial charge in [0.15, 0.2) is 0 Å². The van der Waals surface area contributed by atoms with Crippen LogP contribution < -0.4 is 26.0 Å². The van der Waals surface area contributed by atoms with Gasteiger partial charge in [-0.3, -0.25) is 0 Å². The Hall–Kier alpha value is -10.2. The van der Waals surface area contributed by atoms with Crippen molar-refractivity contribution in [2.75, 3.05) is 4.90 Å². The van der Waals surface area contributed by atoms with Gasteiger partial charge in [-0.1, -0.05) is 212 Å². The first kappa shape index (κ1) is 47.4. The summed E-state index contributed by atoms with van der Waals surface area (Å²) >= 11 is 3.76. The van der Waals surface area contributed by atoms with Gasteiger partial charge in [0.1, 0.15) is 11.5 Å². The summed E-state index contributed by atoms with van der Waals surface area (Å²) in [7, 11) is 0. The van der Waals surface area contributed by atoms with E-state index in [4.69, 9.17) is 4.74 Å². The number of aromatic nitrogens is 1. The molecule has 18 rings (SSSR count). The molecule has 6 heteroatoms. The zero-order chi connectivity index (χ0) is 55.0. The molecule has 16 aromatic rings. The highest BCUT2D eigenvalue weighted by Gasteiger charge is 2.43. The summed E-state index contributed by atoms with van der Waals surface area (Å²) in [5.74, 6) is 1.72. The number of fused-ring (bicyclic) bond motifs is 13. The van der Waals surface area contributed by atoms with Crippen LogP contribution >= 0.6 is 22.7 Å². The van der Waals surface area contributed by atoms with E-state index >= 15 is 0 Å². The minimum Gasteiger partial charge on any atom is -0.458 e. The Bertz CT molecular complexity index is 5330. The normalized spacial score (nSPS) is 12.6. The highest BCUT2D eigenvalue weighted by molar-refractivity contribution is 7.26. The zero-order valence-corrected chi connectivity index (χ0v) is 47.0. The van der Waals surface area contributed by atoms with Crippen molar-refractivity contribution in [3.8, 4) is 72.8 Å². The fourth-order valence-corrected chi connectivity index (χ4v) is 16.3. The SMILES string of the molecule is c1ccc(-c2ccc(N3c4cc(-c5cccc(-c6cccc7c6sc6ccccc67)c5)ccc4B4c5ccc(-c6cccc(-c7cccc8c7sc7ccccc78)c6)cc5Oc5cc(-n6c7ccccc7c7ccccc76)cc3c54)cc2)cc1. The van der Waals surface area contributed by atoms with Crippen molar-refractivity contribution in [3.05, 3.63) is 285 Å². The van der Waals surface area contributed by atoms with Gasteiger partial charge >= 0.3 is 0 Å². The molecule has 84 heavy (non-hydrogen) atoms. The molecule has 0 N–H and O–H groups in total. The van der Waals surface area contributed by atoms with Gasteiger partial charge in [-0.15, -0.1) is 22.7 Å². The van der Waals surface area contributed by atoms with Crippen molar-refractivity contribution in [2.24, 2.45) is 0 Å². The van der Waals surface area contributed by atoms with Gasteiger partial charge in [0, 0.05) is 74.2 Å². The van der Waals surface area contributed by atoms with E-state index in [2.05, 4.69) is 295 Å². The maximum Gasteiger partial charge on any atom is 0.256 e. The number of rotatable bonds is 7. The van der Waals surface area contributed by atoms with Gasteiger partial charge in [-0.25, -0.2) is 0 Å². The van der Waals surface area contributed by atoms with Crippen molar-refractivity contribution < 1.29 is 4.74 Å². The molecule has 0 aliphatic carbocycles. The second-order valence-corrected chi connectivity index (χ2v) is 24.4. The molecule has 390 valence electrons. The number of thiophene rings is 2. The monoisotopic (exact) mass is 1100 g/mol. The molecule has 0 amide bonds. The Morgan fingerprint density at radius 2 is 0.774 bits per heavy atom. The fraction of sp³-hybridized carbons (Fsp3) is 0. The number of hydrogen-bond donors (Lipinski definition) is 0. The summed E-state index contributed by atoms with van der Waals surface area (Å²) in [4.78, 5) is 2.51. The molecule has 3 nitrogen and oxygen atoms in total. The van der Waals surface area contributed by atoms with Crippen LogP contribution in [0.2, 0.25) is 0 Å². The zero-order valence-electron chi connectivity index (χ0n) is 45.3. The largest absolute Gasteiger partial charge is 0.458 e. The van der Waals surface area contributed by atoms with Crippen LogP contribution in [0.5, 0.6) is 11.5 Å². The van der Waals surface area contributed by atoms with Crippen molar-refractivity contribution in [1.29, 1.82) is 0 Å². The molecule has 2 aliphatic rings. The molecule has 13 aromatic carbocycles. The Morgan fingerprint density at radius 3 is 1.40 bits per heavy atom. The number of para-hydroxylation sites is 2. The van der Waals surface area contributed by atoms with Crippen LogP contribution in [0.4, 0.5) is 17.1 Å². The number of anilines is 3. The van der Waals surface area contributed by atoms with Crippen LogP contribution in [-0.4, -0.2) is 11.3 Å². The lowest BCUT2D eigenvalue weighted by Crippen LogP contribution is -2.59. The second-order valence-electron chi connectivity index (χ2n) is 22.3. The molecule has 0 saturated heterocycles. The quantitative estimate of drug-likeness (QED) is 0.148. The summed E-state index contributed by atoms with van der Waals surface area (Å²) in [6.45, 7) is -0.127. The van der Waals surface area contributed by atoms with Crippen LogP contribution in [-0.2, 0) is 0 Å². The van der Waals surface area contributed by atoms with Crippen LogP contribution in [0.1, 0.15) is 0 Å². The number of nitrogens with zero attached hydrogens (tertiary/aromatic N) is 2. The first-order valence-corrected chi connectivity index (χ1v) is 30.4. The van der Waals surface area contributed by atoms with Crippen LogP contribution in [0.3, 0.4) is 0 Å². The Kier molecular flexibility index (Phi) is 10.5. The summed E-state index contributed by atoms with van der Waals surface area (Å²) in [5, 5.41) is 7.65. The van der Waals surface area contributed by atoms with E-state index in [1.54, 1.807) is 0 Å². The molecule has 0 saturated carbocycles. The Balaban J connectivity index is 0.842. The molecule has 2 aliphatic heterocycles. The predicted octanol–water partition coefficient (Wildman–Crippen LogP) is 20.3. The summed E-state index contributed by atoms with van der Waals surface area (Å²) in [5.41, 5.74) is 22.0. The number of benzene rings is 13. The lowest BCUT2D eigenvalue weighted by Gasteiger charge is -2.40. The third-order valence-electron chi connectivity index (χ3n) is 17.7. The van der Waals surface area contributed by atoms with Gasteiger partial charge in [0.25, 0.3) is 6.71 Å². The molecule has 5 heterocycles. The van der Waals surface area contributed by atoms with Gasteiger partial charge in [-0.05, 0) is 139 Å². The molecular weight excluding hydrogens is 1060 g/mol. The van der Waals surface area contributed by atoms with Crippen LogP contribution in [0, 0.1) is 0 Å². The van der Waals surface area contributed by atoms with Crippen molar-refractivity contribution in [2.45, 2.75) is 0 Å². The van der Waals surface area contributed by atoms with E-state index < -0.39 is 0 Å². The molecule has 0 spiro atoms. The summed E-state index contributed by atoms with van der Waals surface area (Å²) in [6.07, 6.45) is 0. The maximum absolute atomic E-state index is 7.49. The van der Waals surface area contributed by atoms with Crippen LogP contribution in [0.25, 0.3) is 123 Å². The Morgan fingerprint density at radius 1 is 0.298 bits per heavy atom. The van der Waals surface area contributed by atoms with Crippen molar-refractivity contribution in [3.63, 3.8) is 0 Å². The van der Waals surface area contributed by atoms with Gasteiger partial charge in [-0.2, -0.15) is 0 Å². The molecule has 0 atom stereocenters. The highest BCUT2D eigenvalue weighted by atomic mass is 32.1. The first-order valence-electron chi connectivity index (χ1n) is 28.7. The van der Waals surface area contributed by atoms with E-state index in [0.717, 1.165) is 72.9 Å². The van der Waals surface area contributed by atoms with Gasteiger partial charge < -0.3 is 14.2 Å². The van der Waals surface area contributed by atoms with Crippen molar-refractivity contribution in [1.82, 2.24) is 4.57 Å². The lowest BCUT2D eigenvalue weighted by atomic mass is 9.34. The molecule has 0 bridgehead atoms. The van der Waals surface area contributed by atoms with E-state index in [-0.39, 0.29) is 6.71 Å². The smallest absolute Gasteiger partial charge is 0.256 e. The number of ether oxygens (including phenoxy) is 1. The highest BCUT2D eigenvalue weighted by Crippen LogP contribution is 2.47. The molecule has 0 unspecified atom stereocenters. The second kappa shape index (κ2) is 18.6. The summed E-state index contributed by atoms with van der Waals surface area (Å²) < 4.78 is 15.2. The minimum atomic E-state index is -0.127. The average Bonchev–Trinajstić information content (AvgIpc) is 1.11. The third kappa shape index (κ3) is 7.31. The van der Waals surface area contributed by atoms with E-state index in [1.807, 2.05) is 22.7 Å². The van der Waals surface area contributed by atoms with Gasteiger partial charge in [0.2, 0.25) is 0 Å². The fourth-order valence-electron chi connectivity index (χ4n) is 13.8. The van der Waals surface area contributed by atoms with E-state index in [1.165, 1.54) is 95.5 Å². The number of hydrogen-bond acceptors (Lipinski definition) is 4. The van der Waals surface area contributed by atoms with E-state index in [0.29, 0.717) is 0 Å². The van der Waals surface area contributed by atoms with Crippen LogP contribution in [0.15, 0.2) is 285 Å². The summed E-state index contributed by atoms with van der Waals surface area (Å²) in [6, 6.07) is 105. The van der Waals surface area contributed by atoms with Crippen molar-refractivity contribution >= 4 is 125 Å². The third-order valence-corrected chi connectivity index (χ3v) is 20.1. The molecule has 0 fully saturated rings. The molecular formula is C78H47BN2OS2. The molecule has 0 radical (unpaired) electrons. The minimum absolute atomic E-state index is 0.127. The first-order chi connectivity index (χ1) is 41.6. The standard InChI is InChI=1S/C78H47BN2OS2/c1-2-16-48(17-3-1)49-34-38-56(39-35-49)80-70-44-52(50-18-12-20-54(42-50)58-26-14-28-64-62-24-6-10-32-74(62)83-77(58)64)36-40-66(70)79-67-41-37-53(51-19-13-21-55(43-51)59-27-15-29-65-63-25-7-11-33-75(63)84-78(59)65)45-72(67)82-73-47-57(46-71(80)76(73)79)81-68-30-8-4-22-60(68)61-23-5-9-31-69(61)81/h1-47H.